The van der Waals surface area contributed by atoms with Gasteiger partial charge in [0.25, 0.3) is 0 Å². The molecule has 132 valence electrons. The van der Waals surface area contributed by atoms with Gasteiger partial charge in [-0.25, -0.2) is 12.8 Å². The van der Waals surface area contributed by atoms with Crippen LogP contribution in [-0.2, 0) is 14.6 Å². The van der Waals surface area contributed by atoms with Gasteiger partial charge in [0.15, 0.2) is 9.84 Å². The average molecular weight is 384 g/mol. The Balaban J connectivity index is 2.10. The van der Waals surface area contributed by atoms with E-state index in [2.05, 4.69) is 0 Å². The third-order valence-corrected chi connectivity index (χ3v) is 7.24. The first-order valence-corrected chi connectivity index (χ1v) is 9.36. The molecular formula is C17H15ClFNO4S. The summed E-state index contributed by atoms with van der Waals surface area (Å²) >= 11 is 5.79. The molecule has 0 amide bonds. The van der Waals surface area contributed by atoms with Crippen LogP contribution < -0.4 is 5.73 Å². The number of carboxylic acids is 1. The number of benzene rings is 2. The second kappa shape index (κ2) is 6.09. The summed E-state index contributed by atoms with van der Waals surface area (Å²) in [7, 11) is -3.97. The van der Waals surface area contributed by atoms with E-state index in [1.54, 1.807) is 0 Å². The zero-order valence-corrected chi connectivity index (χ0v) is 14.5. The molecule has 3 rings (SSSR count). The molecule has 1 aliphatic rings. The van der Waals surface area contributed by atoms with Crippen LogP contribution in [0.1, 0.15) is 11.5 Å². The van der Waals surface area contributed by atoms with Crippen molar-refractivity contribution in [2.75, 3.05) is 6.54 Å². The van der Waals surface area contributed by atoms with Crippen LogP contribution in [0.4, 0.5) is 4.39 Å². The van der Waals surface area contributed by atoms with Crippen LogP contribution >= 0.6 is 11.6 Å². The second-order valence-corrected chi connectivity index (χ2v) is 8.50. The highest BCUT2D eigenvalue weighted by atomic mass is 35.5. The lowest BCUT2D eigenvalue weighted by Gasteiger charge is -2.10. The van der Waals surface area contributed by atoms with Crippen molar-refractivity contribution < 1.29 is 22.7 Å². The minimum Gasteiger partial charge on any atom is -0.481 e. The summed E-state index contributed by atoms with van der Waals surface area (Å²) in [4.78, 5) is 11.8. The third-order valence-electron chi connectivity index (χ3n) is 4.70. The summed E-state index contributed by atoms with van der Waals surface area (Å²) in [5, 5.41) is 8.82. The molecule has 5 nitrogen and oxygen atoms in total. The molecule has 25 heavy (non-hydrogen) atoms. The van der Waals surface area contributed by atoms with Crippen molar-refractivity contribution in [1.29, 1.82) is 0 Å². The normalized spacial score (nSPS) is 25.6. The van der Waals surface area contributed by atoms with E-state index in [-0.39, 0.29) is 11.4 Å². The highest BCUT2D eigenvalue weighted by molar-refractivity contribution is 7.92. The van der Waals surface area contributed by atoms with E-state index in [1.807, 2.05) is 0 Å². The Bertz CT molecular complexity index is 915. The molecule has 0 bridgehead atoms. The van der Waals surface area contributed by atoms with Gasteiger partial charge in [-0.2, -0.15) is 0 Å². The number of hydrogen-bond acceptors (Lipinski definition) is 4. The number of rotatable bonds is 5. The standard InChI is InChI=1S/C17H15ClFNO4S/c18-11-3-7-13(8-4-11)25(23,24)15-14(17(15,9-20)16(21)22)10-1-5-12(19)6-2-10/h1-8,14-15H,9,20H2,(H,21,22). The first-order valence-electron chi connectivity index (χ1n) is 7.43. The summed E-state index contributed by atoms with van der Waals surface area (Å²) in [5.41, 5.74) is 4.46. The van der Waals surface area contributed by atoms with E-state index in [9.17, 15) is 22.7 Å². The SMILES string of the molecule is NCC1(C(=O)O)C(c2ccc(F)cc2)C1S(=O)(=O)c1ccc(Cl)cc1. The van der Waals surface area contributed by atoms with Crippen LogP contribution in [0.25, 0.3) is 0 Å². The van der Waals surface area contributed by atoms with E-state index in [1.165, 1.54) is 48.5 Å². The molecule has 3 unspecified atom stereocenters. The number of sulfone groups is 1. The highest BCUT2D eigenvalue weighted by Crippen LogP contribution is 2.63. The summed E-state index contributed by atoms with van der Waals surface area (Å²) in [6, 6.07) is 10.6. The van der Waals surface area contributed by atoms with Crippen LogP contribution in [-0.4, -0.2) is 31.3 Å². The summed E-state index contributed by atoms with van der Waals surface area (Å²) in [6.45, 7) is -0.345. The van der Waals surface area contributed by atoms with E-state index in [4.69, 9.17) is 17.3 Å². The number of halogens is 2. The fourth-order valence-corrected chi connectivity index (χ4v) is 5.87. The second-order valence-electron chi connectivity index (χ2n) is 6.00. The topological polar surface area (TPSA) is 97.5 Å². The van der Waals surface area contributed by atoms with E-state index in [0.717, 1.165) is 0 Å². The maximum Gasteiger partial charge on any atom is 0.312 e. The molecule has 3 atom stereocenters. The lowest BCUT2D eigenvalue weighted by atomic mass is 9.99. The zero-order chi connectivity index (χ0) is 18.4. The lowest BCUT2D eigenvalue weighted by Crippen LogP contribution is -2.31. The van der Waals surface area contributed by atoms with Crippen LogP contribution in [0.5, 0.6) is 0 Å². The van der Waals surface area contributed by atoms with Crippen LogP contribution in [0.15, 0.2) is 53.4 Å². The average Bonchev–Trinajstić information content (AvgIpc) is 3.27. The number of carboxylic acid groups (broad SMARTS) is 1. The highest BCUT2D eigenvalue weighted by Gasteiger charge is 2.75. The number of aliphatic carboxylic acids is 1. The van der Waals surface area contributed by atoms with Gasteiger partial charge in [0.1, 0.15) is 11.2 Å². The van der Waals surface area contributed by atoms with Crippen molar-refractivity contribution in [3.8, 4) is 0 Å². The van der Waals surface area contributed by atoms with Gasteiger partial charge in [0, 0.05) is 17.5 Å². The van der Waals surface area contributed by atoms with Crippen LogP contribution in [0.3, 0.4) is 0 Å². The summed E-state index contributed by atoms with van der Waals surface area (Å²) in [6.07, 6.45) is 0. The number of hydrogen-bond donors (Lipinski definition) is 2. The minimum atomic E-state index is -3.97. The molecule has 2 aromatic carbocycles. The molecule has 0 aromatic heterocycles. The van der Waals surface area contributed by atoms with E-state index < -0.39 is 38.2 Å². The lowest BCUT2D eigenvalue weighted by molar-refractivity contribution is -0.143. The Morgan fingerprint density at radius 1 is 1.16 bits per heavy atom. The van der Waals surface area contributed by atoms with Crippen LogP contribution in [0, 0.1) is 11.2 Å². The molecule has 0 aliphatic heterocycles. The van der Waals surface area contributed by atoms with E-state index >= 15 is 0 Å². The fourth-order valence-electron chi connectivity index (χ4n) is 3.36. The minimum absolute atomic E-state index is 0.0226. The number of nitrogens with two attached hydrogens (primary N) is 1. The molecule has 0 saturated heterocycles. The van der Waals surface area contributed by atoms with Gasteiger partial charge in [-0.1, -0.05) is 23.7 Å². The molecule has 0 heterocycles. The van der Waals surface area contributed by atoms with Gasteiger partial charge in [-0.3, -0.25) is 4.79 Å². The van der Waals surface area contributed by atoms with Crippen molar-refractivity contribution in [3.63, 3.8) is 0 Å². The Morgan fingerprint density at radius 2 is 1.72 bits per heavy atom. The Kier molecular flexibility index (Phi) is 4.35. The predicted molar refractivity (Wildman–Crippen MR) is 90.7 cm³/mol. The Hall–Kier alpha value is -1.96. The molecule has 1 fully saturated rings. The summed E-state index contributed by atoms with van der Waals surface area (Å²) < 4.78 is 39.2. The van der Waals surface area contributed by atoms with Crippen molar-refractivity contribution in [3.05, 3.63) is 64.9 Å². The monoisotopic (exact) mass is 383 g/mol. The van der Waals surface area contributed by atoms with Gasteiger partial charge in [0.05, 0.1) is 10.1 Å². The smallest absolute Gasteiger partial charge is 0.312 e. The van der Waals surface area contributed by atoms with Crippen molar-refractivity contribution in [1.82, 2.24) is 0 Å². The van der Waals surface area contributed by atoms with Gasteiger partial charge in [0.2, 0.25) is 0 Å². The Labute approximate surface area is 149 Å². The molecule has 2 aromatic rings. The van der Waals surface area contributed by atoms with Crippen LogP contribution in [0.2, 0.25) is 5.02 Å². The third kappa shape index (κ3) is 2.72. The molecule has 8 heteroatoms. The Morgan fingerprint density at radius 3 is 2.20 bits per heavy atom. The quantitative estimate of drug-likeness (QED) is 0.826. The van der Waals surface area contributed by atoms with Crippen molar-refractivity contribution >= 4 is 27.4 Å². The van der Waals surface area contributed by atoms with Gasteiger partial charge in [-0.15, -0.1) is 0 Å². The molecule has 0 spiro atoms. The maximum atomic E-state index is 13.2. The zero-order valence-electron chi connectivity index (χ0n) is 12.9. The molecule has 1 saturated carbocycles. The van der Waals surface area contributed by atoms with Gasteiger partial charge >= 0.3 is 5.97 Å². The predicted octanol–water partition coefficient (Wildman–Crippen LogP) is 2.45. The van der Waals surface area contributed by atoms with Crippen molar-refractivity contribution in [2.45, 2.75) is 16.1 Å². The number of carbonyl (C=O) groups is 1. The van der Waals surface area contributed by atoms with Gasteiger partial charge in [-0.05, 0) is 42.0 Å². The van der Waals surface area contributed by atoms with Gasteiger partial charge < -0.3 is 10.8 Å². The first kappa shape index (κ1) is 17.8. The summed E-state index contributed by atoms with van der Waals surface area (Å²) in [5.74, 6) is -2.63. The molecule has 3 N–H and O–H groups in total. The van der Waals surface area contributed by atoms with E-state index in [0.29, 0.717) is 10.6 Å². The largest absolute Gasteiger partial charge is 0.481 e. The molecule has 0 radical (unpaired) electrons. The van der Waals surface area contributed by atoms with Crippen molar-refractivity contribution in [2.24, 2.45) is 11.1 Å². The molecule has 1 aliphatic carbocycles. The first-order chi connectivity index (χ1) is 11.7. The molecular weight excluding hydrogens is 369 g/mol. The maximum absolute atomic E-state index is 13.2. The fraction of sp³-hybridized carbons (Fsp3) is 0.235.